The zero-order valence-corrected chi connectivity index (χ0v) is 13.1. The van der Waals surface area contributed by atoms with Crippen molar-refractivity contribution in [2.45, 2.75) is 64.6 Å². The lowest BCUT2D eigenvalue weighted by molar-refractivity contribution is -0.170. The molecule has 1 amide bonds. The third-order valence-corrected chi connectivity index (χ3v) is 5.25. The molecule has 1 saturated carbocycles. The van der Waals surface area contributed by atoms with Gasteiger partial charge in [-0.25, -0.2) is 9.18 Å². The number of hydrogen-bond acceptors (Lipinski definition) is 2. The van der Waals surface area contributed by atoms with Gasteiger partial charge in [-0.05, 0) is 37.0 Å². The van der Waals surface area contributed by atoms with Gasteiger partial charge in [0.15, 0.2) is 0 Å². The number of likely N-dealkylation sites (tertiary alicyclic amines) is 1. The predicted molar refractivity (Wildman–Crippen MR) is 77.6 cm³/mol. The van der Waals surface area contributed by atoms with E-state index in [4.69, 9.17) is 5.11 Å². The van der Waals surface area contributed by atoms with Crippen LogP contribution in [-0.4, -0.2) is 40.1 Å². The Kier molecular flexibility index (Phi) is 4.59. The van der Waals surface area contributed by atoms with Crippen molar-refractivity contribution in [2.75, 3.05) is 6.54 Å². The molecule has 2 rings (SSSR count). The molecule has 2 aliphatic rings. The minimum absolute atomic E-state index is 0.0176. The summed E-state index contributed by atoms with van der Waals surface area (Å²) in [5.74, 6) is -1.22. The Morgan fingerprint density at radius 2 is 2.10 bits per heavy atom. The molecule has 2 fully saturated rings. The van der Waals surface area contributed by atoms with Crippen molar-refractivity contribution in [2.24, 2.45) is 17.8 Å². The quantitative estimate of drug-likeness (QED) is 0.815. The average Bonchev–Trinajstić information content (AvgIpc) is 2.41. The second kappa shape index (κ2) is 5.93. The Balaban J connectivity index is 2.25. The predicted octanol–water partition coefficient (Wildman–Crippen LogP) is 2.86. The van der Waals surface area contributed by atoms with Crippen LogP contribution in [0.25, 0.3) is 0 Å². The van der Waals surface area contributed by atoms with Crippen molar-refractivity contribution < 1.29 is 19.1 Å². The van der Waals surface area contributed by atoms with Crippen LogP contribution in [0, 0.1) is 17.8 Å². The number of alkyl halides is 1. The number of halogens is 1. The molecule has 0 radical (unpaired) electrons. The highest BCUT2D eigenvalue weighted by atomic mass is 19.1. The molecular weight excluding hydrogens is 273 g/mol. The molecule has 4 atom stereocenters. The highest BCUT2D eigenvalue weighted by molar-refractivity contribution is 6.05. The molecule has 1 aliphatic carbocycles. The third kappa shape index (κ3) is 2.92. The van der Waals surface area contributed by atoms with Gasteiger partial charge in [0.05, 0.1) is 0 Å². The van der Waals surface area contributed by atoms with Crippen LogP contribution in [0.2, 0.25) is 0 Å². The number of rotatable bonds is 3. The van der Waals surface area contributed by atoms with E-state index in [2.05, 4.69) is 20.8 Å². The van der Waals surface area contributed by atoms with Crippen LogP contribution >= 0.6 is 0 Å². The number of amides is 1. The van der Waals surface area contributed by atoms with Crippen molar-refractivity contribution in [3.05, 3.63) is 0 Å². The Morgan fingerprint density at radius 3 is 2.67 bits per heavy atom. The van der Waals surface area contributed by atoms with E-state index in [0.717, 1.165) is 19.3 Å². The fourth-order valence-corrected chi connectivity index (χ4v) is 3.95. The highest BCUT2D eigenvalue weighted by Gasteiger charge is 2.53. The second-order valence-electron chi connectivity index (χ2n) is 7.10. The molecule has 4 nitrogen and oxygen atoms in total. The smallest absolute Gasteiger partial charge is 0.351 e. The molecule has 0 bridgehead atoms. The molecule has 5 heteroatoms. The Morgan fingerprint density at radius 1 is 1.43 bits per heavy atom. The normalized spacial score (nSPS) is 37.9. The Hall–Kier alpha value is -1.13. The van der Waals surface area contributed by atoms with E-state index in [0.29, 0.717) is 30.7 Å². The lowest BCUT2D eigenvalue weighted by Gasteiger charge is -2.47. The van der Waals surface area contributed by atoms with Crippen molar-refractivity contribution in [1.82, 2.24) is 4.90 Å². The van der Waals surface area contributed by atoms with Crippen molar-refractivity contribution in [3.63, 3.8) is 0 Å². The molecule has 1 aliphatic heterocycles. The fraction of sp³-hybridized carbons (Fsp3) is 0.875. The van der Waals surface area contributed by atoms with Gasteiger partial charge in [-0.15, -0.1) is 0 Å². The van der Waals surface area contributed by atoms with Gasteiger partial charge in [0.1, 0.15) is 0 Å². The summed E-state index contributed by atoms with van der Waals surface area (Å²) in [5.41, 5.74) is -2.72. The SMILES string of the molecule is CC(C)[C@H]1CC[C@H](C)C[C@@H]1N1CCC[C@@](F)(C(=O)O)C1=O. The lowest BCUT2D eigenvalue weighted by Crippen LogP contribution is -2.60. The molecule has 120 valence electrons. The number of carboxylic acid groups (broad SMARTS) is 1. The van der Waals surface area contributed by atoms with Gasteiger partial charge in [0.2, 0.25) is 0 Å². The first-order valence-corrected chi connectivity index (χ1v) is 8.00. The largest absolute Gasteiger partial charge is 0.478 e. The molecule has 0 aromatic carbocycles. The molecule has 21 heavy (non-hydrogen) atoms. The van der Waals surface area contributed by atoms with E-state index >= 15 is 0 Å². The maximum absolute atomic E-state index is 14.5. The maximum atomic E-state index is 14.5. The second-order valence-corrected chi connectivity index (χ2v) is 7.10. The van der Waals surface area contributed by atoms with E-state index in [1.165, 1.54) is 4.90 Å². The van der Waals surface area contributed by atoms with Gasteiger partial charge in [0.25, 0.3) is 11.6 Å². The van der Waals surface area contributed by atoms with E-state index in [1.54, 1.807) is 0 Å². The first-order valence-electron chi connectivity index (χ1n) is 8.00. The van der Waals surface area contributed by atoms with Crippen LogP contribution < -0.4 is 0 Å². The van der Waals surface area contributed by atoms with E-state index in [1.807, 2.05) is 0 Å². The summed E-state index contributed by atoms with van der Waals surface area (Å²) in [6.45, 7) is 6.89. The summed E-state index contributed by atoms with van der Waals surface area (Å²) in [6, 6.07) is -0.0176. The van der Waals surface area contributed by atoms with Crippen molar-refractivity contribution in [1.29, 1.82) is 0 Å². The van der Waals surface area contributed by atoms with E-state index in [9.17, 15) is 14.0 Å². The molecule has 1 saturated heterocycles. The van der Waals surface area contributed by atoms with Crippen LogP contribution in [-0.2, 0) is 9.59 Å². The topological polar surface area (TPSA) is 57.6 Å². The minimum Gasteiger partial charge on any atom is -0.478 e. The minimum atomic E-state index is -2.72. The average molecular weight is 299 g/mol. The Bertz CT molecular complexity index is 426. The van der Waals surface area contributed by atoms with Crippen LogP contribution in [0.15, 0.2) is 0 Å². The Labute approximate surface area is 125 Å². The summed E-state index contributed by atoms with van der Waals surface area (Å²) < 4.78 is 14.5. The monoisotopic (exact) mass is 299 g/mol. The highest BCUT2D eigenvalue weighted by Crippen LogP contribution is 2.39. The summed E-state index contributed by atoms with van der Waals surface area (Å²) in [6.07, 6.45) is 3.22. The lowest BCUT2D eigenvalue weighted by atomic mass is 9.72. The molecule has 1 heterocycles. The van der Waals surface area contributed by atoms with Crippen LogP contribution in [0.4, 0.5) is 4.39 Å². The number of piperidine rings is 1. The molecule has 0 aromatic heterocycles. The number of aliphatic carboxylic acids is 1. The number of carbonyl (C=O) groups excluding carboxylic acids is 1. The van der Waals surface area contributed by atoms with E-state index in [-0.39, 0.29) is 12.5 Å². The van der Waals surface area contributed by atoms with Crippen LogP contribution in [0.3, 0.4) is 0 Å². The standard InChI is InChI=1S/C16H26FNO3/c1-10(2)12-6-5-11(3)9-13(12)18-8-4-7-16(17,14(18)19)15(20)21/h10-13H,4-9H2,1-3H3,(H,20,21)/t11-,12+,13-,16-/m0/s1. The van der Waals surface area contributed by atoms with Gasteiger partial charge in [-0.3, -0.25) is 4.79 Å². The van der Waals surface area contributed by atoms with Crippen molar-refractivity contribution >= 4 is 11.9 Å². The van der Waals surface area contributed by atoms with Crippen LogP contribution in [0.5, 0.6) is 0 Å². The van der Waals surface area contributed by atoms with Crippen LogP contribution in [0.1, 0.15) is 52.9 Å². The first-order chi connectivity index (χ1) is 9.77. The first kappa shape index (κ1) is 16.2. The van der Waals surface area contributed by atoms with Gasteiger partial charge < -0.3 is 10.0 Å². The van der Waals surface area contributed by atoms with E-state index < -0.39 is 17.5 Å². The van der Waals surface area contributed by atoms with Gasteiger partial charge in [-0.1, -0.05) is 27.2 Å². The maximum Gasteiger partial charge on any atom is 0.351 e. The molecule has 0 unspecified atom stereocenters. The zero-order valence-electron chi connectivity index (χ0n) is 13.1. The fourth-order valence-electron chi connectivity index (χ4n) is 3.95. The zero-order chi connectivity index (χ0) is 15.8. The molecule has 0 spiro atoms. The number of hydrogen-bond donors (Lipinski definition) is 1. The number of nitrogens with zero attached hydrogens (tertiary/aromatic N) is 1. The summed E-state index contributed by atoms with van der Waals surface area (Å²) in [7, 11) is 0. The summed E-state index contributed by atoms with van der Waals surface area (Å²) in [5, 5.41) is 9.09. The van der Waals surface area contributed by atoms with Gasteiger partial charge >= 0.3 is 5.97 Å². The molecule has 1 N–H and O–H groups in total. The van der Waals surface area contributed by atoms with Gasteiger partial charge in [-0.2, -0.15) is 0 Å². The molecule has 0 aromatic rings. The number of carbonyl (C=O) groups is 2. The summed E-state index contributed by atoms with van der Waals surface area (Å²) >= 11 is 0. The summed E-state index contributed by atoms with van der Waals surface area (Å²) in [4.78, 5) is 25.1. The molecular formula is C16H26FNO3. The van der Waals surface area contributed by atoms with Gasteiger partial charge in [0, 0.05) is 19.0 Å². The van der Waals surface area contributed by atoms with Crippen molar-refractivity contribution in [3.8, 4) is 0 Å². The number of carboxylic acids is 1. The third-order valence-electron chi connectivity index (χ3n) is 5.25.